The van der Waals surface area contributed by atoms with Gasteiger partial charge in [0.15, 0.2) is 0 Å². The summed E-state index contributed by atoms with van der Waals surface area (Å²) in [6.07, 6.45) is 6.12. The lowest BCUT2D eigenvalue weighted by atomic mass is 10.00. The summed E-state index contributed by atoms with van der Waals surface area (Å²) in [6.45, 7) is 9.51. The lowest BCUT2D eigenvalue weighted by Gasteiger charge is -2.21. The summed E-state index contributed by atoms with van der Waals surface area (Å²) in [6, 6.07) is 0.601. The molecule has 0 heterocycles. The zero-order valence-electron chi connectivity index (χ0n) is 12.9. The maximum atomic E-state index is 11.4. The number of hydrogen-bond acceptors (Lipinski definition) is 3. The molecule has 1 amide bonds. The van der Waals surface area contributed by atoms with E-state index in [0.29, 0.717) is 12.6 Å². The zero-order chi connectivity index (χ0) is 14.3. The third-order valence-corrected chi connectivity index (χ3v) is 3.60. The van der Waals surface area contributed by atoms with Crippen molar-refractivity contribution in [1.29, 1.82) is 0 Å². The van der Waals surface area contributed by atoms with Gasteiger partial charge in [-0.25, -0.2) is 4.79 Å². The third-order valence-electron chi connectivity index (χ3n) is 3.60. The Morgan fingerprint density at radius 1 is 1.26 bits per heavy atom. The van der Waals surface area contributed by atoms with Crippen molar-refractivity contribution in [2.45, 2.75) is 71.4 Å². The fourth-order valence-electron chi connectivity index (χ4n) is 2.55. The van der Waals surface area contributed by atoms with Crippen molar-refractivity contribution >= 4 is 6.09 Å². The average molecular weight is 270 g/mol. The molecule has 0 aliphatic heterocycles. The molecule has 0 radical (unpaired) electrons. The topological polar surface area (TPSA) is 50.4 Å². The van der Waals surface area contributed by atoms with Gasteiger partial charge in [0.05, 0.1) is 0 Å². The highest BCUT2D eigenvalue weighted by atomic mass is 16.6. The SMILES string of the molecule is C[C@@H](NCCCNC(=O)OC(C)(C)C)C1CCCC1. The van der Waals surface area contributed by atoms with E-state index in [-0.39, 0.29) is 6.09 Å². The quantitative estimate of drug-likeness (QED) is 0.729. The molecule has 0 unspecified atom stereocenters. The second kappa shape index (κ2) is 7.73. The predicted molar refractivity (Wildman–Crippen MR) is 78.3 cm³/mol. The fraction of sp³-hybridized carbons (Fsp3) is 0.933. The van der Waals surface area contributed by atoms with Crippen LogP contribution in [0.15, 0.2) is 0 Å². The van der Waals surface area contributed by atoms with Crippen LogP contribution in [0, 0.1) is 5.92 Å². The summed E-state index contributed by atoms with van der Waals surface area (Å²) in [5, 5.41) is 6.34. The summed E-state index contributed by atoms with van der Waals surface area (Å²) < 4.78 is 5.18. The minimum Gasteiger partial charge on any atom is -0.444 e. The molecule has 1 rings (SSSR count). The molecule has 19 heavy (non-hydrogen) atoms. The molecular formula is C15H30N2O2. The fourth-order valence-corrected chi connectivity index (χ4v) is 2.55. The van der Waals surface area contributed by atoms with E-state index in [4.69, 9.17) is 4.74 Å². The summed E-state index contributed by atoms with van der Waals surface area (Å²) in [7, 11) is 0. The smallest absolute Gasteiger partial charge is 0.407 e. The van der Waals surface area contributed by atoms with Crippen molar-refractivity contribution in [3.8, 4) is 0 Å². The van der Waals surface area contributed by atoms with Gasteiger partial charge in [-0.3, -0.25) is 0 Å². The molecule has 0 spiro atoms. The minimum atomic E-state index is -0.417. The first kappa shape index (κ1) is 16.3. The van der Waals surface area contributed by atoms with E-state index in [9.17, 15) is 4.79 Å². The molecular weight excluding hydrogens is 240 g/mol. The first-order valence-corrected chi connectivity index (χ1v) is 7.59. The van der Waals surface area contributed by atoms with E-state index in [1.165, 1.54) is 25.7 Å². The summed E-state index contributed by atoms with van der Waals surface area (Å²) in [4.78, 5) is 11.4. The van der Waals surface area contributed by atoms with Crippen LogP contribution >= 0.6 is 0 Å². The van der Waals surface area contributed by atoms with Gasteiger partial charge in [-0.15, -0.1) is 0 Å². The van der Waals surface area contributed by atoms with Gasteiger partial charge in [0.2, 0.25) is 0 Å². The monoisotopic (exact) mass is 270 g/mol. The third kappa shape index (κ3) is 7.41. The van der Waals surface area contributed by atoms with Gasteiger partial charge in [0, 0.05) is 12.6 Å². The lowest BCUT2D eigenvalue weighted by Crippen LogP contribution is -2.36. The maximum Gasteiger partial charge on any atom is 0.407 e. The van der Waals surface area contributed by atoms with Gasteiger partial charge in [-0.1, -0.05) is 12.8 Å². The summed E-state index contributed by atoms with van der Waals surface area (Å²) >= 11 is 0. The first-order chi connectivity index (χ1) is 8.88. The van der Waals surface area contributed by atoms with E-state index >= 15 is 0 Å². The number of carbonyl (C=O) groups is 1. The van der Waals surface area contributed by atoms with Crippen LogP contribution in [0.5, 0.6) is 0 Å². The van der Waals surface area contributed by atoms with E-state index in [0.717, 1.165) is 18.9 Å². The van der Waals surface area contributed by atoms with E-state index in [1.807, 2.05) is 20.8 Å². The van der Waals surface area contributed by atoms with Crippen molar-refractivity contribution in [2.75, 3.05) is 13.1 Å². The Hall–Kier alpha value is -0.770. The molecule has 4 heteroatoms. The summed E-state index contributed by atoms with van der Waals surface area (Å²) in [5.41, 5.74) is -0.417. The minimum absolute atomic E-state index is 0.323. The molecule has 0 aromatic carbocycles. The Kier molecular flexibility index (Phi) is 6.63. The number of amides is 1. The molecule has 4 nitrogen and oxygen atoms in total. The highest BCUT2D eigenvalue weighted by Crippen LogP contribution is 2.27. The molecule has 0 saturated heterocycles. The lowest BCUT2D eigenvalue weighted by molar-refractivity contribution is 0.0527. The normalized spacial score (nSPS) is 18.3. The predicted octanol–water partition coefficient (Wildman–Crippen LogP) is 3.07. The number of nitrogens with one attached hydrogen (secondary N) is 2. The Morgan fingerprint density at radius 2 is 1.89 bits per heavy atom. The van der Waals surface area contributed by atoms with Gasteiger partial charge >= 0.3 is 6.09 Å². The second-order valence-electron chi connectivity index (χ2n) is 6.57. The van der Waals surface area contributed by atoms with E-state index in [1.54, 1.807) is 0 Å². The molecule has 0 bridgehead atoms. The van der Waals surface area contributed by atoms with Crippen molar-refractivity contribution in [3.63, 3.8) is 0 Å². The van der Waals surface area contributed by atoms with Crippen LogP contribution in [-0.4, -0.2) is 30.8 Å². The molecule has 0 aromatic heterocycles. The number of rotatable bonds is 6. The molecule has 1 aliphatic rings. The maximum absolute atomic E-state index is 11.4. The van der Waals surface area contributed by atoms with Crippen molar-refractivity contribution < 1.29 is 9.53 Å². The largest absolute Gasteiger partial charge is 0.444 e. The number of ether oxygens (including phenoxy) is 1. The highest BCUT2D eigenvalue weighted by Gasteiger charge is 2.20. The van der Waals surface area contributed by atoms with Crippen LogP contribution in [0.3, 0.4) is 0 Å². The number of alkyl carbamates (subject to hydrolysis) is 1. The first-order valence-electron chi connectivity index (χ1n) is 7.59. The average Bonchev–Trinajstić information content (AvgIpc) is 2.79. The standard InChI is InChI=1S/C15H30N2O2/c1-12(13-8-5-6-9-13)16-10-7-11-17-14(18)19-15(2,3)4/h12-13,16H,5-11H2,1-4H3,(H,17,18)/t12-/m1/s1. The number of carbonyl (C=O) groups excluding carboxylic acids is 1. The molecule has 112 valence electrons. The van der Waals surface area contributed by atoms with Gasteiger partial charge in [0.25, 0.3) is 0 Å². The molecule has 0 aromatic rings. The molecule has 1 aliphatic carbocycles. The van der Waals surface area contributed by atoms with Gasteiger partial charge < -0.3 is 15.4 Å². The van der Waals surface area contributed by atoms with Crippen LogP contribution < -0.4 is 10.6 Å². The van der Waals surface area contributed by atoms with Crippen molar-refractivity contribution in [3.05, 3.63) is 0 Å². The van der Waals surface area contributed by atoms with Gasteiger partial charge in [0.1, 0.15) is 5.60 Å². The number of hydrogen-bond donors (Lipinski definition) is 2. The molecule has 2 N–H and O–H groups in total. The molecule has 1 fully saturated rings. The van der Waals surface area contributed by atoms with E-state index in [2.05, 4.69) is 17.6 Å². The van der Waals surface area contributed by atoms with Crippen LogP contribution in [0.25, 0.3) is 0 Å². The van der Waals surface area contributed by atoms with Crippen LogP contribution in [0.2, 0.25) is 0 Å². The Balaban J connectivity index is 2.00. The summed E-state index contributed by atoms with van der Waals surface area (Å²) in [5.74, 6) is 0.846. The van der Waals surface area contributed by atoms with Gasteiger partial charge in [-0.2, -0.15) is 0 Å². The Morgan fingerprint density at radius 3 is 2.47 bits per heavy atom. The zero-order valence-corrected chi connectivity index (χ0v) is 12.9. The van der Waals surface area contributed by atoms with Gasteiger partial charge in [-0.05, 0) is 59.4 Å². The Labute approximate surface area is 117 Å². The highest BCUT2D eigenvalue weighted by molar-refractivity contribution is 5.67. The molecule has 1 atom stereocenters. The van der Waals surface area contributed by atoms with Crippen molar-refractivity contribution in [2.24, 2.45) is 5.92 Å². The van der Waals surface area contributed by atoms with Crippen LogP contribution in [0.4, 0.5) is 4.79 Å². The van der Waals surface area contributed by atoms with Crippen molar-refractivity contribution in [1.82, 2.24) is 10.6 Å². The Bertz CT molecular complexity index is 268. The second-order valence-corrected chi connectivity index (χ2v) is 6.57. The van der Waals surface area contributed by atoms with Crippen LogP contribution in [-0.2, 0) is 4.74 Å². The molecule has 1 saturated carbocycles. The van der Waals surface area contributed by atoms with Crippen LogP contribution in [0.1, 0.15) is 59.8 Å². The van der Waals surface area contributed by atoms with E-state index < -0.39 is 5.60 Å².